The topological polar surface area (TPSA) is 211 Å². The van der Waals surface area contributed by atoms with Crippen molar-refractivity contribution in [2.45, 2.75) is 77.0 Å². The first-order valence-corrected chi connectivity index (χ1v) is 18.8. The van der Waals surface area contributed by atoms with Gasteiger partial charge in [0.2, 0.25) is 29.4 Å². The number of fused-ring (bicyclic) bond motifs is 1. The molecule has 2 aromatic carbocycles. The van der Waals surface area contributed by atoms with Crippen molar-refractivity contribution in [3.05, 3.63) is 65.2 Å². The molecular formula is C35H48N8O5S2. The number of nitrogens with zero attached hydrogens (tertiary/aromatic N) is 2. The summed E-state index contributed by atoms with van der Waals surface area (Å²) in [4.78, 5) is 75.5. The lowest BCUT2D eigenvalue weighted by Crippen LogP contribution is -2.59. The molecule has 3 aromatic rings. The van der Waals surface area contributed by atoms with Gasteiger partial charge in [-0.1, -0.05) is 62.7 Å². The van der Waals surface area contributed by atoms with Gasteiger partial charge < -0.3 is 32.7 Å². The highest BCUT2D eigenvalue weighted by atomic mass is 32.2. The van der Waals surface area contributed by atoms with Gasteiger partial charge in [-0.05, 0) is 54.9 Å². The zero-order chi connectivity index (χ0) is 36.6. The molecule has 1 aromatic heterocycles. The van der Waals surface area contributed by atoms with Crippen LogP contribution in [-0.2, 0) is 25.6 Å². The lowest BCUT2D eigenvalue weighted by Gasteiger charge is -2.28. The monoisotopic (exact) mass is 724 g/mol. The highest BCUT2D eigenvalue weighted by Gasteiger charge is 2.33. The van der Waals surface area contributed by atoms with E-state index in [4.69, 9.17) is 11.5 Å². The Morgan fingerprint density at radius 2 is 1.50 bits per heavy atom. The zero-order valence-corrected chi connectivity index (χ0v) is 30.6. The number of amides is 4. The molecule has 15 heteroatoms. The minimum atomic E-state index is -1.09. The molecule has 3 rings (SSSR count). The van der Waals surface area contributed by atoms with Crippen LogP contribution >= 0.6 is 23.1 Å². The second kappa shape index (κ2) is 20.2. The molecular weight excluding hydrogens is 677 g/mol. The Balaban J connectivity index is 1.89. The quantitative estimate of drug-likeness (QED) is 0.0437. The number of benzene rings is 2. The molecule has 0 saturated carbocycles. The maximum absolute atomic E-state index is 14.1. The molecule has 0 bridgehead atoms. The number of nitrogens with two attached hydrogens (primary N) is 2. The van der Waals surface area contributed by atoms with E-state index in [9.17, 15) is 24.0 Å². The number of para-hydroxylation sites is 1. The molecule has 5 atom stereocenters. The highest BCUT2D eigenvalue weighted by molar-refractivity contribution is 7.98. The van der Waals surface area contributed by atoms with Gasteiger partial charge in [-0.3, -0.25) is 29.0 Å². The Bertz CT molecular complexity index is 1600. The number of thiazole rings is 1. The molecule has 270 valence electrons. The van der Waals surface area contributed by atoms with Gasteiger partial charge in [-0.15, -0.1) is 11.3 Å². The van der Waals surface area contributed by atoms with E-state index in [1.807, 2.05) is 74.7 Å². The van der Waals surface area contributed by atoms with Gasteiger partial charge in [0, 0.05) is 19.9 Å². The summed E-state index contributed by atoms with van der Waals surface area (Å²) in [6.45, 7) is 5.34. The van der Waals surface area contributed by atoms with E-state index in [1.54, 1.807) is 0 Å². The molecule has 0 aliphatic carbocycles. The molecule has 0 fully saturated rings. The smallest absolute Gasteiger partial charge is 0.243 e. The van der Waals surface area contributed by atoms with Crippen LogP contribution in [0.25, 0.3) is 10.2 Å². The molecule has 1 unspecified atom stereocenters. The third kappa shape index (κ3) is 12.4. The van der Waals surface area contributed by atoms with Gasteiger partial charge in [-0.2, -0.15) is 11.8 Å². The van der Waals surface area contributed by atoms with Gasteiger partial charge >= 0.3 is 0 Å². The van der Waals surface area contributed by atoms with Gasteiger partial charge in [0.1, 0.15) is 18.1 Å². The van der Waals surface area contributed by atoms with Crippen molar-refractivity contribution in [3.8, 4) is 0 Å². The first-order chi connectivity index (χ1) is 23.9. The zero-order valence-electron chi connectivity index (χ0n) is 28.9. The van der Waals surface area contributed by atoms with Crippen LogP contribution in [-0.4, -0.2) is 83.1 Å². The standard InChI is InChI=1S/C35H48N8O5S2/c1-5-21(2)29(39-22(3)44)33(48)41-26(17-19-49-4)31(46)42-27(20-23-12-7-6-8-13-23)32(47)40-25(15-11-18-38-35(36)37)30(45)34-43-24-14-9-10-16-28(24)50-34/h6-10,12-14,16,21,25-27,29H,5,11,15,17-20H2,1-4H3,(H,39,44)(H,40,47)(H,41,48)(H,42,46)(H4,36,37,38)/t21?,25-,26+,27+,29+/m1/s1. The van der Waals surface area contributed by atoms with Gasteiger partial charge in [0.15, 0.2) is 11.0 Å². The number of nitrogens with one attached hydrogen (secondary N) is 4. The molecule has 13 nitrogen and oxygen atoms in total. The number of thioether (sulfide) groups is 1. The van der Waals surface area contributed by atoms with E-state index >= 15 is 0 Å². The largest absolute Gasteiger partial charge is 0.370 e. The highest BCUT2D eigenvalue weighted by Crippen LogP contribution is 2.23. The molecule has 8 N–H and O–H groups in total. The fraction of sp³-hybridized carbons (Fsp3) is 0.457. The Labute approximate surface area is 301 Å². The molecule has 0 saturated heterocycles. The number of rotatable bonds is 20. The van der Waals surface area contributed by atoms with Gasteiger partial charge in [0.25, 0.3) is 0 Å². The van der Waals surface area contributed by atoms with Crippen molar-refractivity contribution in [3.63, 3.8) is 0 Å². The molecule has 1 heterocycles. The van der Waals surface area contributed by atoms with Crippen molar-refractivity contribution < 1.29 is 24.0 Å². The van der Waals surface area contributed by atoms with Crippen LogP contribution in [0.15, 0.2) is 59.6 Å². The van der Waals surface area contributed by atoms with Crippen LogP contribution in [0.1, 0.15) is 61.8 Å². The van der Waals surface area contributed by atoms with Crippen LogP contribution in [0.2, 0.25) is 0 Å². The summed E-state index contributed by atoms with van der Waals surface area (Å²) in [6, 6.07) is 12.7. The van der Waals surface area contributed by atoms with Crippen molar-refractivity contribution in [1.29, 1.82) is 0 Å². The summed E-state index contributed by atoms with van der Waals surface area (Å²) < 4.78 is 0.836. The van der Waals surface area contributed by atoms with Crippen molar-refractivity contribution >= 4 is 68.7 Å². The summed E-state index contributed by atoms with van der Waals surface area (Å²) >= 11 is 2.74. The van der Waals surface area contributed by atoms with E-state index in [0.717, 1.165) is 10.3 Å². The van der Waals surface area contributed by atoms with Crippen molar-refractivity contribution in [2.75, 3.05) is 18.6 Å². The number of hydrogen-bond acceptors (Lipinski definition) is 9. The fourth-order valence-electron chi connectivity index (χ4n) is 5.19. The van der Waals surface area contributed by atoms with Gasteiger partial charge in [-0.25, -0.2) is 4.98 Å². The predicted molar refractivity (Wildman–Crippen MR) is 200 cm³/mol. The van der Waals surface area contributed by atoms with Crippen LogP contribution in [0, 0.1) is 5.92 Å². The Morgan fingerprint density at radius 3 is 2.14 bits per heavy atom. The van der Waals surface area contributed by atoms with E-state index in [1.165, 1.54) is 30.0 Å². The average Bonchev–Trinajstić information content (AvgIpc) is 3.54. The van der Waals surface area contributed by atoms with Crippen LogP contribution in [0.5, 0.6) is 0 Å². The van der Waals surface area contributed by atoms with Crippen molar-refractivity contribution in [1.82, 2.24) is 26.3 Å². The first kappa shape index (κ1) is 39.9. The maximum atomic E-state index is 14.1. The third-order valence-corrected chi connectivity index (χ3v) is 9.79. The van der Waals surface area contributed by atoms with E-state index in [0.29, 0.717) is 24.1 Å². The Morgan fingerprint density at radius 1 is 0.860 bits per heavy atom. The average molecular weight is 725 g/mol. The predicted octanol–water partition coefficient (Wildman–Crippen LogP) is 2.53. The maximum Gasteiger partial charge on any atom is 0.243 e. The van der Waals surface area contributed by atoms with Gasteiger partial charge in [0.05, 0.1) is 16.3 Å². The first-order valence-electron chi connectivity index (χ1n) is 16.6. The van der Waals surface area contributed by atoms with E-state index < -0.39 is 41.9 Å². The Kier molecular flexibility index (Phi) is 16.2. The summed E-state index contributed by atoms with van der Waals surface area (Å²) in [6.07, 6.45) is 3.54. The number of carbonyl (C=O) groups is 5. The molecule has 50 heavy (non-hydrogen) atoms. The number of carbonyl (C=O) groups excluding carboxylic acids is 5. The minimum Gasteiger partial charge on any atom is -0.370 e. The molecule has 0 aliphatic heterocycles. The number of aromatic nitrogens is 1. The van der Waals surface area contributed by atoms with Crippen LogP contribution in [0.4, 0.5) is 0 Å². The number of Topliss-reactive ketones (excluding diaryl/α,β-unsaturated/α-hetero) is 1. The lowest BCUT2D eigenvalue weighted by molar-refractivity contribution is -0.134. The number of hydrogen-bond donors (Lipinski definition) is 6. The second-order valence-corrected chi connectivity index (χ2v) is 14.0. The number of guanidine groups is 1. The summed E-state index contributed by atoms with van der Waals surface area (Å²) in [5, 5.41) is 11.5. The van der Waals surface area contributed by atoms with Crippen LogP contribution in [0.3, 0.4) is 0 Å². The number of aliphatic imine (C=N–C) groups is 1. The van der Waals surface area contributed by atoms with Crippen LogP contribution < -0.4 is 32.7 Å². The van der Waals surface area contributed by atoms with Crippen molar-refractivity contribution in [2.24, 2.45) is 22.4 Å². The summed E-state index contributed by atoms with van der Waals surface area (Å²) in [5.41, 5.74) is 12.4. The SMILES string of the molecule is CCC(C)[C@H](NC(C)=O)C(=O)N[C@@H](CCSC)C(=O)N[C@@H](Cc1ccccc1)C(=O)N[C@H](CCCN=C(N)N)C(=O)c1nc2ccccc2s1. The molecule has 4 amide bonds. The lowest BCUT2D eigenvalue weighted by atomic mass is 9.97. The fourth-order valence-corrected chi connectivity index (χ4v) is 6.62. The Hall–Kier alpha value is -4.50. The molecule has 0 spiro atoms. The van der Waals surface area contributed by atoms with E-state index in [2.05, 4.69) is 31.2 Å². The normalized spacial score (nSPS) is 14.0. The second-order valence-electron chi connectivity index (χ2n) is 12.0. The third-order valence-electron chi connectivity index (χ3n) is 8.10. The molecule has 0 aliphatic rings. The minimum absolute atomic E-state index is 0.0793. The summed E-state index contributed by atoms with van der Waals surface area (Å²) in [5.74, 6) is -2.05. The molecule has 0 radical (unpaired) electrons. The summed E-state index contributed by atoms with van der Waals surface area (Å²) in [7, 11) is 0. The number of ketones is 1. The van der Waals surface area contributed by atoms with E-state index in [-0.39, 0.29) is 54.4 Å².